The molecule has 1 aliphatic rings. The first-order valence-corrected chi connectivity index (χ1v) is 5.61. The summed E-state index contributed by atoms with van der Waals surface area (Å²) in [5.74, 6) is 0. The maximum Gasteiger partial charge on any atom is 0.0746 e. The van der Waals surface area contributed by atoms with Crippen LogP contribution in [0.25, 0.3) is 0 Å². The topological polar surface area (TPSA) is 24.9 Å². The van der Waals surface area contributed by atoms with Gasteiger partial charge in [-0.2, -0.15) is 0 Å². The molecular formula is C9H11ClN2S. The first-order valence-electron chi connectivity index (χ1n) is 4.35. The van der Waals surface area contributed by atoms with Crippen molar-refractivity contribution < 1.29 is 0 Å². The normalized spacial score (nSPS) is 20.6. The lowest BCUT2D eigenvalue weighted by atomic mass is 10.3. The van der Waals surface area contributed by atoms with E-state index in [9.17, 15) is 0 Å². The van der Waals surface area contributed by atoms with Crippen LogP contribution in [0.15, 0.2) is 17.3 Å². The van der Waals surface area contributed by atoms with E-state index in [1.165, 1.54) is 0 Å². The molecule has 0 aliphatic carbocycles. The minimum absolute atomic E-state index is 0.632. The van der Waals surface area contributed by atoms with Crippen molar-refractivity contribution in [1.82, 2.24) is 4.98 Å². The van der Waals surface area contributed by atoms with E-state index in [4.69, 9.17) is 11.6 Å². The third-order valence-corrected chi connectivity index (χ3v) is 4.02. The third kappa shape index (κ3) is 1.76. The first-order chi connectivity index (χ1) is 6.31. The zero-order chi connectivity index (χ0) is 9.26. The molecule has 2 rings (SSSR count). The fourth-order valence-corrected chi connectivity index (χ4v) is 2.70. The van der Waals surface area contributed by atoms with Gasteiger partial charge in [0, 0.05) is 18.0 Å². The molecule has 70 valence electrons. The van der Waals surface area contributed by atoms with Gasteiger partial charge in [0.2, 0.25) is 0 Å². The minimum Gasteiger partial charge on any atom is -0.382 e. The monoisotopic (exact) mass is 214 g/mol. The second-order valence-electron chi connectivity index (χ2n) is 3.03. The molecule has 0 saturated heterocycles. The third-order valence-electron chi connectivity index (χ3n) is 2.11. The maximum atomic E-state index is 6.04. The van der Waals surface area contributed by atoms with Gasteiger partial charge in [0.1, 0.15) is 0 Å². The van der Waals surface area contributed by atoms with E-state index in [0.29, 0.717) is 5.25 Å². The first kappa shape index (κ1) is 9.16. The molecule has 1 aliphatic heterocycles. The molecule has 0 fully saturated rings. The van der Waals surface area contributed by atoms with Gasteiger partial charge in [-0.25, -0.2) is 0 Å². The summed E-state index contributed by atoms with van der Waals surface area (Å²) in [7, 11) is 0. The number of anilines is 1. The van der Waals surface area contributed by atoms with Gasteiger partial charge in [-0.05, 0) is 6.42 Å². The Morgan fingerprint density at radius 3 is 3.31 bits per heavy atom. The molecule has 4 heteroatoms. The number of thioether (sulfide) groups is 1. The number of fused-ring (bicyclic) bond motifs is 1. The van der Waals surface area contributed by atoms with Crippen LogP contribution in [0, 0.1) is 0 Å². The van der Waals surface area contributed by atoms with E-state index in [0.717, 1.165) is 28.6 Å². The van der Waals surface area contributed by atoms with Crippen LogP contribution in [-0.4, -0.2) is 16.8 Å². The van der Waals surface area contributed by atoms with Crippen molar-refractivity contribution in [1.29, 1.82) is 0 Å². The molecular weight excluding hydrogens is 204 g/mol. The average molecular weight is 215 g/mol. The fraction of sp³-hybridized carbons (Fsp3) is 0.444. The molecule has 1 unspecified atom stereocenters. The summed E-state index contributed by atoms with van der Waals surface area (Å²) in [4.78, 5) is 5.19. The number of aromatic nitrogens is 1. The van der Waals surface area contributed by atoms with Crippen molar-refractivity contribution >= 4 is 29.1 Å². The summed E-state index contributed by atoms with van der Waals surface area (Å²) in [6.07, 6.45) is 4.70. The molecule has 0 spiro atoms. The van der Waals surface area contributed by atoms with Crippen LogP contribution in [0.5, 0.6) is 0 Å². The van der Waals surface area contributed by atoms with Crippen LogP contribution >= 0.6 is 23.4 Å². The fourth-order valence-electron chi connectivity index (χ4n) is 1.33. The Kier molecular flexibility index (Phi) is 2.65. The molecule has 1 N–H and O–H groups in total. The lowest BCUT2D eigenvalue weighted by molar-refractivity contribution is 0.840. The summed E-state index contributed by atoms with van der Waals surface area (Å²) < 4.78 is 0. The standard InChI is InChI=1S/C9H11ClN2S/c1-2-6-3-12-8-5-11-4-7(10)9(8)13-6/h4-6,12H,2-3H2,1H3. The summed E-state index contributed by atoms with van der Waals surface area (Å²) in [6.45, 7) is 3.20. The largest absolute Gasteiger partial charge is 0.382 e. The highest BCUT2D eigenvalue weighted by Gasteiger charge is 2.19. The smallest absolute Gasteiger partial charge is 0.0746 e. The van der Waals surface area contributed by atoms with Gasteiger partial charge in [0.05, 0.1) is 21.8 Å². The predicted molar refractivity (Wildman–Crippen MR) is 57.7 cm³/mol. The minimum atomic E-state index is 0.632. The van der Waals surface area contributed by atoms with Crippen LogP contribution < -0.4 is 5.32 Å². The van der Waals surface area contributed by atoms with Crippen molar-refractivity contribution in [2.45, 2.75) is 23.5 Å². The summed E-state index contributed by atoms with van der Waals surface area (Å²) in [5.41, 5.74) is 1.07. The van der Waals surface area contributed by atoms with Crippen molar-refractivity contribution in [2.24, 2.45) is 0 Å². The molecule has 2 nitrogen and oxygen atoms in total. The van der Waals surface area contributed by atoms with Gasteiger partial charge in [0.15, 0.2) is 0 Å². The van der Waals surface area contributed by atoms with E-state index < -0.39 is 0 Å². The highest BCUT2D eigenvalue weighted by molar-refractivity contribution is 8.00. The predicted octanol–water partition coefficient (Wildman–Crippen LogP) is 3.03. The molecule has 2 heterocycles. The Morgan fingerprint density at radius 2 is 2.54 bits per heavy atom. The highest BCUT2D eigenvalue weighted by atomic mass is 35.5. The van der Waals surface area contributed by atoms with E-state index in [1.807, 2.05) is 18.0 Å². The van der Waals surface area contributed by atoms with Crippen molar-refractivity contribution in [3.05, 3.63) is 17.4 Å². The zero-order valence-electron chi connectivity index (χ0n) is 7.38. The summed E-state index contributed by atoms with van der Waals surface area (Å²) in [5, 5.41) is 4.73. The molecule has 1 aromatic heterocycles. The lowest BCUT2D eigenvalue weighted by Gasteiger charge is -2.24. The highest BCUT2D eigenvalue weighted by Crippen LogP contribution is 2.39. The van der Waals surface area contributed by atoms with Crippen molar-refractivity contribution in [2.75, 3.05) is 11.9 Å². The van der Waals surface area contributed by atoms with Gasteiger partial charge < -0.3 is 5.32 Å². The molecule has 0 radical (unpaired) electrons. The van der Waals surface area contributed by atoms with Crippen LogP contribution in [0.4, 0.5) is 5.69 Å². The average Bonchev–Trinajstić information content (AvgIpc) is 2.18. The maximum absolute atomic E-state index is 6.04. The molecule has 0 amide bonds. The Bertz CT molecular complexity index is 316. The Morgan fingerprint density at radius 1 is 1.69 bits per heavy atom. The second kappa shape index (κ2) is 3.76. The Labute approximate surface area is 87.1 Å². The number of halogens is 1. The zero-order valence-corrected chi connectivity index (χ0v) is 8.95. The molecule has 0 bridgehead atoms. The number of hydrogen-bond donors (Lipinski definition) is 1. The van der Waals surface area contributed by atoms with Gasteiger partial charge >= 0.3 is 0 Å². The van der Waals surface area contributed by atoms with E-state index in [-0.39, 0.29) is 0 Å². The molecule has 1 atom stereocenters. The van der Waals surface area contributed by atoms with Gasteiger partial charge in [0.25, 0.3) is 0 Å². The van der Waals surface area contributed by atoms with E-state index >= 15 is 0 Å². The number of nitrogens with one attached hydrogen (secondary N) is 1. The van der Waals surface area contributed by atoms with Crippen LogP contribution in [0.3, 0.4) is 0 Å². The summed E-state index contributed by atoms with van der Waals surface area (Å²) in [6, 6.07) is 0. The number of hydrogen-bond acceptors (Lipinski definition) is 3. The van der Waals surface area contributed by atoms with Crippen LogP contribution in [0.2, 0.25) is 5.02 Å². The van der Waals surface area contributed by atoms with Crippen LogP contribution in [-0.2, 0) is 0 Å². The molecule has 0 saturated carbocycles. The molecule has 1 aromatic rings. The van der Waals surface area contributed by atoms with Crippen molar-refractivity contribution in [3.63, 3.8) is 0 Å². The SMILES string of the molecule is CCC1CNc2cncc(Cl)c2S1. The second-order valence-corrected chi connectivity index (χ2v) is 4.74. The lowest BCUT2D eigenvalue weighted by Crippen LogP contribution is -2.20. The summed E-state index contributed by atoms with van der Waals surface area (Å²) >= 11 is 7.89. The van der Waals surface area contributed by atoms with E-state index in [2.05, 4.69) is 17.2 Å². The Balaban J connectivity index is 2.32. The van der Waals surface area contributed by atoms with Gasteiger partial charge in [-0.1, -0.05) is 18.5 Å². The quantitative estimate of drug-likeness (QED) is 0.778. The Hall–Kier alpha value is -0.410. The van der Waals surface area contributed by atoms with Gasteiger partial charge in [-0.15, -0.1) is 11.8 Å². The van der Waals surface area contributed by atoms with Crippen LogP contribution in [0.1, 0.15) is 13.3 Å². The molecule has 0 aromatic carbocycles. The number of nitrogens with zero attached hydrogens (tertiary/aromatic N) is 1. The number of pyridine rings is 1. The number of rotatable bonds is 1. The van der Waals surface area contributed by atoms with E-state index in [1.54, 1.807) is 6.20 Å². The molecule has 13 heavy (non-hydrogen) atoms. The van der Waals surface area contributed by atoms with Gasteiger partial charge in [-0.3, -0.25) is 4.98 Å². The van der Waals surface area contributed by atoms with Crippen molar-refractivity contribution in [3.8, 4) is 0 Å².